The first-order chi connectivity index (χ1) is 8.54. The lowest BCUT2D eigenvalue weighted by Crippen LogP contribution is -2.37. The minimum atomic E-state index is -0.832. The van der Waals surface area contributed by atoms with Crippen LogP contribution in [0.25, 0.3) is 0 Å². The van der Waals surface area contributed by atoms with Crippen molar-refractivity contribution in [1.29, 1.82) is 0 Å². The minimum absolute atomic E-state index is 0.397. The average Bonchev–Trinajstić information content (AvgIpc) is 2.32. The fraction of sp³-hybridized carbons (Fsp3) is 0.500. The molecule has 0 aliphatic heterocycles. The number of rotatable bonds is 7. The van der Waals surface area contributed by atoms with Crippen LogP contribution in [0.3, 0.4) is 0 Å². The van der Waals surface area contributed by atoms with Gasteiger partial charge in [0.05, 0.1) is 6.61 Å². The van der Waals surface area contributed by atoms with Crippen LogP contribution in [0.15, 0.2) is 18.2 Å². The first-order valence-corrected chi connectivity index (χ1v) is 6.20. The molecule has 0 heterocycles. The van der Waals surface area contributed by atoms with Crippen molar-refractivity contribution >= 4 is 5.97 Å². The molecule has 2 N–H and O–H groups in total. The molecule has 1 rings (SSSR count). The fourth-order valence-corrected chi connectivity index (χ4v) is 1.71. The van der Waals surface area contributed by atoms with E-state index in [0.717, 1.165) is 16.9 Å². The van der Waals surface area contributed by atoms with E-state index >= 15 is 0 Å². The summed E-state index contributed by atoms with van der Waals surface area (Å²) in [5.74, 6) is -0.00273. The van der Waals surface area contributed by atoms with Crippen LogP contribution in [0.4, 0.5) is 0 Å². The van der Waals surface area contributed by atoms with Gasteiger partial charge in [-0.25, -0.2) is 0 Å². The van der Waals surface area contributed by atoms with Crippen molar-refractivity contribution in [2.75, 3.05) is 13.2 Å². The Bertz CT molecular complexity index is 404. The van der Waals surface area contributed by atoms with Gasteiger partial charge in [0.25, 0.3) is 0 Å². The van der Waals surface area contributed by atoms with Crippen molar-refractivity contribution in [3.63, 3.8) is 0 Å². The summed E-state index contributed by atoms with van der Waals surface area (Å²) < 4.78 is 5.64. The summed E-state index contributed by atoms with van der Waals surface area (Å²) in [6.07, 6.45) is 0.455. The molecule has 1 aromatic carbocycles. The number of carbonyl (C=O) groups is 1. The number of nitrogens with one attached hydrogen (secondary N) is 1. The van der Waals surface area contributed by atoms with Gasteiger partial charge < -0.3 is 15.2 Å². The van der Waals surface area contributed by atoms with Crippen LogP contribution in [0.2, 0.25) is 0 Å². The van der Waals surface area contributed by atoms with Crippen molar-refractivity contribution in [2.24, 2.45) is 0 Å². The van der Waals surface area contributed by atoms with E-state index < -0.39 is 12.0 Å². The summed E-state index contributed by atoms with van der Waals surface area (Å²) in [6, 6.07) is 5.46. The Morgan fingerprint density at radius 1 is 1.44 bits per heavy atom. The summed E-state index contributed by atoms with van der Waals surface area (Å²) in [7, 11) is 0. The number of ether oxygens (including phenoxy) is 1. The second-order valence-corrected chi connectivity index (χ2v) is 4.35. The van der Waals surface area contributed by atoms with Gasteiger partial charge in [-0.2, -0.15) is 0 Å². The van der Waals surface area contributed by atoms with Gasteiger partial charge in [0.2, 0.25) is 0 Å². The second-order valence-electron chi connectivity index (χ2n) is 4.35. The van der Waals surface area contributed by atoms with E-state index in [1.165, 1.54) is 0 Å². The smallest absolute Gasteiger partial charge is 0.320 e. The van der Waals surface area contributed by atoms with Crippen molar-refractivity contribution < 1.29 is 14.6 Å². The van der Waals surface area contributed by atoms with Gasteiger partial charge in [0.1, 0.15) is 11.8 Å². The molecule has 0 bridgehead atoms. The summed E-state index contributed by atoms with van der Waals surface area (Å²) in [5, 5.41) is 11.9. The Morgan fingerprint density at radius 2 is 2.17 bits per heavy atom. The predicted molar refractivity (Wildman–Crippen MR) is 71.1 cm³/mol. The molecule has 100 valence electrons. The van der Waals surface area contributed by atoms with Crippen molar-refractivity contribution in [2.45, 2.75) is 33.2 Å². The topological polar surface area (TPSA) is 58.6 Å². The Hall–Kier alpha value is -1.55. The maximum atomic E-state index is 10.9. The van der Waals surface area contributed by atoms with Crippen LogP contribution in [0.5, 0.6) is 5.75 Å². The van der Waals surface area contributed by atoms with E-state index in [1.54, 1.807) is 0 Å². The van der Waals surface area contributed by atoms with E-state index in [1.807, 2.05) is 39.0 Å². The lowest BCUT2D eigenvalue weighted by Gasteiger charge is -2.14. The van der Waals surface area contributed by atoms with E-state index in [2.05, 4.69) is 5.32 Å². The number of hydrogen-bond donors (Lipinski definition) is 2. The zero-order valence-corrected chi connectivity index (χ0v) is 11.2. The molecule has 0 aliphatic rings. The first-order valence-electron chi connectivity index (χ1n) is 6.20. The van der Waals surface area contributed by atoms with Gasteiger partial charge >= 0.3 is 5.97 Å². The maximum Gasteiger partial charge on any atom is 0.320 e. The molecule has 4 heteroatoms. The highest BCUT2D eigenvalue weighted by atomic mass is 16.5. The van der Waals surface area contributed by atoms with Crippen molar-refractivity contribution in [1.82, 2.24) is 5.32 Å². The Kier molecular flexibility index (Phi) is 5.65. The van der Waals surface area contributed by atoms with E-state index in [0.29, 0.717) is 19.6 Å². The van der Waals surface area contributed by atoms with Crippen LogP contribution in [-0.4, -0.2) is 30.3 Å². The molecule has 0 spiro atoms. The number of hydrogen-bond acceptors (Lipinski definition) is 3. The van der Waals surface area contributed by atoms with Crippen molar-refractivity contribution in [3.8, 4) is 5.75 Å². The predicted octanol–water partition coefficient (Wildman–Crippen LogP) is 2.14. The highest BCUT2D eigenvalue weighted by Crippen LogP contribution is 2.19. The van der Waals surface area contributed by atoms with Gasteiger partial charge in [-0.15, -0.1) is 0 Å². The molecule has 0 saturated carbocycles. The fourth-order valence-electron chi connectivity index (χ4n) is 1.71. The summed E-state index contributed by atoms with van der Waals surface area (Å²) in [4.78, 5) is 10.9. The highest BCUT2D eigenvalue weighted by Gasteiger charge is 2.15. The summed E-state index contributed by atoms with van der Waals surface area (Å²) >= 11 is 0. The van der Waals surface area contributed by atoms with Crippen LogP contribution in [-0.2, 0) is 4.79 Å². The molecule has 1 aromatic rings. The molecule has 0 amide bonds. The molecule has 1 atom stereocenters. The molecular weight excluding hydrogens is 230 g/mol. The van der Waals surface area contributed by atoms with Gasteiger partial charge in [-0.1, -0.05) is 19.1 Å². The first kappa shape index (κ1) is 14.5. The van der Waals surface area contributed by atoms with Gasteiger partial charge in [-0.05, 0) is 37.6 Å². The molecule has 0 fully saturated rings. The number of carboxylic acid groups (broad SMARTS) is 1. The van der Waals surface area contributed by atoms with Crippen molar-refractivity contribution in [3.05, 3.63) is 29.3 Å². The molecular formula is C14H21NO3. The summed E-state index contributed by atoms with van der Waals surface area (Å²) in [6.45, 7) is 6.91. The maximum absolute atomic E-state index is 10.9. The number of benzene rings is 1. The Balaban J connectivity index is 2.49. The Labute approximate surface area is 108 Å². The molecule has 1 unspecified atom stereocenters. The van der Waals surface area contributed by atoms with E-state index in [9.17, 15) is 4.79 Å². The minimum Gasteiger partial charge on any atom is -0.493 e. The second kappa shape index (κ2) is 7.01. The third-order valence-corrected chi connectivity index (χ3v) is 2.76. The third kappa shape index (κ3) is 4.37. The molecule has 0 saturated heterocycles. The van der Waals surface area contributed by atoms with Crippen LogP contribution in [0.1, 0.15) is 24.5 Å². The quantitative estimate of drug-likeness (QED) is 0.779. The average molecular weight is 251 g/mol. The molecule has 0 aromatic heterocycles. The molecule has 0 radical (unpaired) electrons. The Morgan fingerprint density at radius 3 is 2.78 bits per heavy atom. The number of likely N-dealkylation sites (N-methyl/N-ethyl adjacent to an activating group) is 1. The molecule has 18 heavy (non-hydrogen) atoms. The largest absolute Gasteiger partial charge is 0.493 e. The molecule has 0 aliphatic carbocycles. The standard InChI is InChI=1S/C14H21NO3/c1-4-15-12(14(16)17)7-8-18-13-9-10(2)5-6-11(13)3/h5-6,9,12,15H,4,7-8H2,1-3H3,(H,16,17). The van der Waals surface area contributed by atoms with Gasteiger partial charge in [-0.3, -0.25) is 4.79 Å². The number of aryl methyl sites for hydroxylation is 2. The SMILES string of the molecule is CCNC(CCOc1cc(C)ccc1C)C(=O)O. The molecule has 4 nitrogen and oxygen atoms in total. The number of aliphatic carboxylic acids is 1. The van der Waals surface area contributed by atoms with Crippen LogP contribution in [0, 0.1) is 13.8 Å². The number of carboxylic acids is 1. The van der Waals surface area contributed by atoms with Crippen LogP contribution < -0.4 is 10.1 Å². The lowest BCUT2D eigenvalue weighted by atomic mass is 10.1. The van der Waals surface area contributed by atoms with Gasteiger partial charge in [0.15, 0.2) is 0 Å². The lowest BCUT2D eigenvalue weighted by molar-refractivity contribution is -0.139. The van der Waals surface area contributed by atoms with Gasteiger partial charge in [0, 0.05) is 6.42 Å². The monoisotopic (exact) mass is 251 g/mol. The van der Waals surface area contributed by atoms with E-state index in [-0.39, 0.29) is 0 Å². The normalized spacial score (nSPS) is 12.2. The third-order valence-electron chi connectivity index (χ3n) is 2.76. The van der Waals surface area contributed by atoms with E-state index in [4.69, 9.17) is 9.84 Å². The van der Waals surface area contributed by atoms with Crippen LogP contribution >= 0.6 is 0 Å². The zero-order valence-electron chi connectivity index (χ0n) is 11.2. The highest BCUT2D eigenvalue weighted by molar-refractivity contribution is 5.73. The summed E-state index contributed by atoms with van der Waals surface area (Å²) in [5.41, 5.74) is 2.20. The zero-order chi connectivity index (χ0) is 13.5.